The molecular formula is C23H26F3N5O2. The quantitative estimate of drug-likeness (QED) is 0.696. The Bertz CT molecular complexity index is 964. The Hall–Kier alpha value is -2.88. The van der Waals surface area contributed by atoms with Crippen LogP contribution in [0, 0.1) is 5.41 Å². The Balaban J connectivity index is 1.03. The maximum atomic E-state index is 12.7. The van der Waals surface area contributed by atoms with Crippen molar-refractivity contribution in [2.24, 2.45) is 5.41 Å². The topological polar surface area (TPSA) is 61.8 Å². The van der Waals surface area contributed by atoms with Crippen LogP contribution in [0.3, 0.4) is 0 Å². The van der Waals surface area contributed by atoms with Crippen LogP contribution in [0.1, 0.15) is 24.0 Å². The van der Waals surface area contributed by atoms with Crippen molar-refractivity contribution in [3.8, 4) is 0 Å². The molecule has 7 nitrogen and oxygen atoms in total. The molecule has 0 radical (unpaired) electrons. The van der Waals surface area contributed by atoms with E-state index in [0.29, 0.717) is 31.6 Å². The second-order valence-electron chi connectivity index (χ2n) is 9.29. The standard InChI is InChI=1S/C23H26F3N5O2/c24-23(25,26)18-12-27-20(28-13-18)30-6-8-31(9-7-30)21(32)33-19-10-22(11-19)15-29(16-22)14-17-4-2-1-3-5-17/h1-5,12-13,19H,6-11,14-16H2. The van der Waals surface area contributed by atoms with E-state index >= 15 is 0 Å². The van der Waals surface area contributed by atoms with Crippen LogP contribution in [-0.2, 0) is 17.5 Å². The summed E-state index contributed by atoms with van der Waals surface area (Å²) >= 11 is 0. The number of nitrogens with zero attached hydrogens (tertiary/aromatic N) is 5. The molecule has 176 valence electrons. The fourth-order valence-electron chi connectivity index (χ4n) is 5.04. The van der Waals surface area contributed by atoms with Gasteiger partial charge in [0.15, 0.2) is 0 Å². The molecule has 0 unspecified atom stereocenters. The third-order valence-electron chi connectivity index (χ3n) is 6.74. The van der Waals surface area contributed by atoms with Crippen LogP contribution >= 0.6 is 0 Å². The number of halogens is 3. The highest BCUT2D eigenvalue weighted by Crippen LogP contribution is 2.50. The Morgan fingerprint density at radius 1 is 1.03 bits per heavy atom. The second-order valence-corrected chi connectivity index (χ2v) is 9.29. The second kappa shape index (κ2) is 8.48. The van der Waals surface area contributed by atoms with Crippen molar-refractivity contribution in [1.82, 2.24) is 19.8 Å². The number of alkyl halides is 3. The van der Waals surface area contributed by atoms with E-state index < -0.39 is 11.7 Å². The van der Waals surface area contributed by atoms with Gasteiger partial charge in [-0.15, -0.1) is 0 Å². The number of likely N-dealkylation sites (tertiary alicyclic amines) is 1. The lowest BCUT2D eigenvalue weighted by Gasteiger charge is -2.58. The lowest BCUT2D eigenvalue weighted by Crippen LogP contribution is -2.64. The number of hydrogen-bond donors (Lipinski definition) is 0. The number of anilines is 1. The summed E-state index contributed by atoms with van der Waals surface area (Å²) in [7, 11) is 0. The van der Waals surface area contributed by atoms with Crippen LogP contribution in [-0.4, -0.2) is 71.2 Å². The van der Waals surface area contributed by atoms with E-state index in [0.717, 1.165) is 44.9 Å². The van der Waals surface area contributed by atoms with Crippen LogP contribution in [0.2, 0.25) is 0 Å². The maximum absolute atomic E-state index is 12.7. The highest BCUT2D eigenvalue weighted by atomic mass is 19.4. The van der Waals surface area contributed by atoms with E-state index in [9.17, 15) is 18.0 Å². The van der Waals surface area contributed by atoms with E-state index in [2.05, 4.69) is 39.1 Å². The Morgan fingerprint density at radius 2 is 1.67 bits per heavy atom. The zero-order chi connectivity index (χ0) is 23.1. The molecular weight excluding hydrogens is 435 g/mol. The van der Waals surface area contributed by atoms with Crippen LogP contribution < -0.4 is 4.90 Å². The Labute approximate surface area is 190 Å². The van der Waals surface area contributed by atoms with Crippen LogP contribution in [0.25, 0.3) is 0 Å². The van der Waals surface area contributed by atoms with Crippen molar-refractivity contribution in [3.05, 3.63) is 53.9 Å². The molecule has 33 heavy (non-hydrogen) atoms. The van der Waals surface area contributed by atoms with Crippen LogP contribution in [0.15, 0.2) is 42.7 Å². The van der Waals surface area contributed by atoms with Gasteiger partial charge in [0.25, 0.3) is 0 Å². The van der Waals surface area contributed by atoms with E-state index in [1.807, 2.05) is 6.07 Å². The molecule has 3 heterocycles. The Kier molecular flexibility index (Phi) is 5.64. The van der Waals surface area contributed by atoms with Gasteiger partial charge in [0.05, 0.1) is 5.56 Å². The molecule has 1 amide bonds. The number of benzene rings is 1. The van der Waals surface area contributed by atoms with Crippen molar-refractivity contribution in [3.63, 3.8) is 0 Å². The van der Waals surface area contributed by atoms with Gasteiger partial charge in [-0.2, -0.15) is 13.2 Å². The lowest BCUT2D eigenvalue weighted by atomic mass is 9.61. The molecule has 0 N–H and O–H groups in total. The van der Waals surface area contributed by atoms with Crippen molar-refractivity contribution < 1.29 is 22.7 Å². The predicted molar refractivity (Wildman–Crippen MR) is 114 cm³/mol. The van der Waals surface area contributed by atoms with Crippen molar-refractivity contribution >= 4 is 12.0 Å². The summed E-state index contributed by atoms with van der Waals surface area (Å²) in [6.07, 6.45) is -1.42. The summed E-state index contributed by atoms with van der Waals surface area (Å²) in [5.41, 5.74) is 0.732. The van der Waals surface area contributed by atoms with Gasteiger partial charge in [0.2, 0.25) is 5.95 Å². The van der Waals surface area contributed by atoms with E-state index in [-0.39, 0.29) is 18.1 Å². The minimum atomic E-state index is -4.46. The molecule has 2 aliphatic heterocycles. The van der Waals surface area contributed by atoms with Gasteiger partial charge in [-0.25, -0.2) is 14.8 Å². The van der Waals surface area contributed by atoms with Gasteiger partial charge in [-0.1, -0.05) is 30.3 Å². The fourth-order valence-corrected chi connectivity index (χ4v) is 5.04. The number of carbonyl (C=O) groups excluding carboxylic acids is 1. The first-order valence-corrected chi connectivity index (χ1v) is 11.2. The van der Waals surface area contributed by atoms with Crippen molar-refractivity contribution in [1.29, 1.82) is 0 Å². The van der Waals surface area contributed by atoms with Crippen molar-refractivity contribution in [2.45, 2.75) is 31.7 Å². The first kappa shape index (κ1) is 21.9. The zero-order valence-corrected chi connectivity index (χ0v) is 18.2. The predicted octanol–water partition coefficient (Wildman–Crippen LogP) is 3.42. The smallest absolute Gasteiger partial charge is 0.419 e. The first-order chi connectivity index (χ1) is 15.8. The monoisotopic (exact) mass is 461 g/mol. The highest BCUT2D eigenvalue weighted by molar-refractivity contribution is 5.68. The molecule has 1 aromatic carbocycles. The first-order valence-electron chi connectivity index (χ1n) is 11.2. The minimum Gasteiger partial charge on any atom is -0.446 e. The fraction of sp³-hybridized carbons (Fsp3) is 0.522. The molecule has 2 saturated heterocycles. The number of piperazine rings is 1. The summed E-state index contributed by atoms with van der Waals surface area (Å²) in [5.74, 6) is 0.238. The average Bonchev–Trinajstić information content (AvgIpc) is 2.76. The zero-order valence-electron chi connectivity index (χ0n) is 18.2. The molecule has 10 heteroatoms. The van der Waals surface area contributed by atoms with Gasteiger partial charge in [-0.3, -0.25) is 4.90 Å². The Morgan fingerprint density at radius 3 is 2.27 bits per heavy atom. The normalized spacial score (nSPS) is 20.9. The maximum Gasteiger partial charge on any atom is 0.419 e. The van der Waals surface area contributed by atoms with Crippen molar-refractivity contribution in [2.75, 3.05) is 44.2 Å². The molecule has 2 aromatic rings. The number of aromatic nitrogens is 2. The molecule has 0 atom stereocenters. The number of amides is 1. The third-order valence-corrected chi connectivity index (χ3v) is 6.74. The number of rotatable bonds is 4. The summed E-state index contributed by atoms with van der Waals surface area (Å²) in [6.45, 7) is 4.79. The van der Waals surface area contributed by atoms with E-state index in [4.69, 9.17) is 4.74 Å². The molecule has 3 aliphatic rings. The molecule has 1 aliphatic carbocycles. The molecule has 1 aromatic heterocycles. The largest absolute Gasteiger partial charge is 0.446 e. The average molecular weight is 461 g/mol. The van der Waals surface area contributed by atoms with Gasteiger partial charge in [0, 0.05) is 63.6 Å². The van der Waals surface area contributed by atoms with Gasteiger partial charge < -0.3 is 14.5 Å². The summed E-state index contributed by atoms with van der Waals surface area (Å²) in [6, 6.07) is 10.4. The molecule has 0 bridgehead atoms. The number of carbonyl (C=O) groups is 1. The third kappa shape index (κ3) is 4.75. The van der Waals surface area contributed by atoms with Crippen LogP contribution in [0.5, 0.6) is 0 Å². The van der Waals surface area contributed by atoms with Gasteiger partial charge in [-0.05, 0) is 18.4 Å². The highest BCUT2D eigenvalue weighted by Gasteiger charge is 2.53. The van der Waals surface area contributed by atoms with Gasteiger partial charge in [0.1, 0.15) is 6.10 Å². The van der Waals surface area contributed by atoms with Crippen LogP contribution in [0.4, 0.5) is 23.9 Å². The van der Waals surface area contributed by atoms with Gasteiger partial charge >= 0.3 is 12.3 Å². The number of hydrogen-bond acceptors (Lipinski definition) is 6. The SMILES string of the molecule is O=C(OC1CC2(C1)CN(Cc1ccccc1)C2)N1CCN(c2ncc(C(F)(F)F)cn2)CC1. The molecule has 3 fully saturated rings. The number of ether oxygens (including phenoxy) is 1. The van der Waals surface area contributed by atoms with E-state index in [1.165, 1.54) is 5.56 Å². The molecule has 5 rings (SSSR count). The summed E-state index contributed by atoms with van der Waals surface area (Å²) in [5, 5.41) is 0. The molecule has 1 saturated carbocycles. The summed E-state index contributed by atoms with van der Waals surface area (Å²) in [4.78, 5) is 26.0. The molecule has 1 spiro atoms. The van der Waals surface area contributed by atoms with E-state index in [1.54, 1.807) is 9.80 Å². The summed E-state index contributed by atoms with van der Waals surface area (Å²) < 4.78 is 43.7. The minimum absolute atomic E-state index is 0.0346. The lowest BCUT2D eigenvalue weighted by molar-refractivity contribution is -0.138.